The first-order valence-corrected chi connectivity index (χ1v) is 8.32. The molecule has 0 aromatic heterocycles. The van der Waals surface area contributed by atoms with Gasteiger partial charge in [-0.1, -0.05) is 13.8 Å². The van der Waals surface area contributed by atoms with Crippen molar-refractivity contribution in [1.82, 2.24) is 10.2 Å². The van der Waals surface area contributed by atoms with Gasteiger partial charge in [0.05, 0.1) is 19.1 Å². The van der Waals surface area contributed by atoms with E-state index in [4.69, 9.17) is 0 Å². The lowest BCUT2D eigenvalue weighted by Crippen LogP contribution is -2.38. The smallest absolute Gasteiger partial charge is 0.307 e. The molecule has 0 spiro atoms. The molecular weight excluding hydrogens is 346 g/mol. The second-order valence-corrected chi connectivity index (χ2v) is 6.19. The number of hydrogen-bond donors (Lipinski definition) is 1. The molecule has 0 bridgehead atoms. The molecule has 144 valence electrons. The number of esters is 1. The van der Waals surface area contributed by atoms with Gasteiger partial charge in [0.15, 0.2) is 0 Å². The van der Waals surface area contributed by atoms with Crippen LogP contribution in [0.1, 0.15) is 37.0 Å². The molecule has 6 nitrogen and oxygen atoms in total. The quantitative estimate of drug-likeness (QED) is 0.676. The van der Waals surface area contributed by atoms with Crippen molar-refractivity contribution < 1.29 is 27.9 Å². The molecule has 1 aromatic carbocycles. The van der Waals surface area contributed by atoms with E-state index >= 15 is 0 Å². The Bertz CT molecular complexity index is 650. The Kier molecular flexibility index (Phi) is 8.67. The van der Waals surface area contributed by atoms with Gasteiger partial charge in [0.1, 0.15) is 11.6 Å². The van der Waals surface area contributed by atoms with Crippen molar-refractivity contribution in [3.63, 3.8) is 0 Å². The zero-order valence-corrected chi connectivity index (χ0v) is 15.2. The van der Waals surface area contributed by atoms with Gasteiger partial charge in [0.2, 0.25) is 5.91 Å². The molecular formula is C18H24F2N2O4. The van der Waals surface area contributed by atoms with Gasteiger partial charge >= 0.3 is 5.97 Å². The van der Waals surface area contributed by atoms with Crippen molar-refractivity contribution in [2.45, 2.75) is 26.7 Å². The molecule has 0 fully saturated rings. The normalized spacial score (nSPS) is 10.5. The molecule has 1 rings (SSSR count). The van der Waals surface area contributed by atoms with Crippen LogP contribution in [0.15, 0.2) is 18.2 Å². The number of carbonyl (C=O) groups excluding carboxylic acids is 3. The van der Waals surface area contributed by atoms with Crippen molar-refractivity contribution >= 4 is 17.8 Å². The fourth-order valence-electron chi connectivity index (χ4n) is 2.30. The van der Waals surface area contributed by atoms with Gasteiger partial charge < -0.3 is 15.0 Å². The molecule has 26 heavy (non-hydrogen) atoms. The van der Waals surface area contributed by atoms with E-state index in [2.05, 4.69) is 10.1 Å². The summed E-state index contributed by atoms with van der Waals surface area (Å²) in [5, 5.41) is 2.43. The topological polar surface area (TPSA) is 75.7 Å². The van der Waals surface area contributed by atoms with Gasteiger partial charge in [-0.3, -0.25) is 14.4 Å². The van der Waals surface area contributed by atoms with E-state index in [9.17, 15) is 23.2 Å². The predicted molar refractivity (Wildman–Crippen MR) is 91.4 cm³/mol. The maximum absolute atomic E-state index is 13.5. The van der Waals surface area contributed by atoms with Gasteiger partial charge in [0, 0.05) is 32.1 Å². The van der Waals surface area contributed by atoms with Gasteiger partial charge in [-0.05, 0) is 18.1 Å². The van der Waals surface area contributed by atoms with Crippen LogP contribution in [0.5, 0.6) is 0 Å². The monoisotopic (exact) mass is 370 g/mol. The molecule has 0 saturated carbocycles. The minimum atomic E-state index is -0.965. The molecule has 0 aliphatic heterocycles. The number of benzene rings is 1. The van der Waals surface area contributed by atoms with E-state index in [-0.39, 0.29) is 43.3 Å². The molecule has 0 atom stereocenters. The number of amides is 2. The molecule has 0 aliphatic carbocycles. The number of carbonyl (C=O) groups is 3. The lowest BCUT2D eigenvalue weighted by atomic mass is 10.2. The molecule has 1 aromatic rings. The average molecular weight is 370 g/mol. The number of nitrogens with zero attached hydrogens (tertiary/aromatic N) is 1. The van der Waals surface area contributed by atoms with Crippen molar-refractivity contribution in [2.24, 2.45) is 5.92 Å². The zero-order valence-electron chi connectivity index (χ0n) is 15.2. The molecule has 2 amide bonds. The predicted octanol–water partition coefficient (Wildman–Crippen LogP) is 2.13. The second kappa shape index (κ2) is 10.5. The first-order chi connectivity index (χ1) is 12.2. The maximum Gasteiger partial charge on any atom is 0.307 e. The summed E-state index contributed by atoms with van der Waals surface area (Å²) < 4.78 is 31.0. The number of methoxy groups -OCH3 is 1. The van der Waals surface area contributed by atoms with Crippen LogP contribution in [0.2, 0.25) is 0 Å². The molecule has 0 radical (unpaired) electrons. The largest absolute Gasteiger partial charge is 0.469 e. The lowest BCUT2D eigenvalue weighted by Gasteiger charge is -2.24. The zero-order chi connectivity index (χ0) is 19.7. The third kappa shape index (κ3) is 7.16. The summed E-state index contributed by atoms with van der Waals surface area (Å²) in [5.41, 5.74) is -0.288. The van der Waals surface area contributed by atoms with E-state index in [0.29, 0.717) is 12.6 Å². The summed E-state index contributed by atoms with van der Waals surface area (Å²) in [6.07, 6.45) is 0.0879. The fraction of sp³-hybridized carbons (Fsp3) is 0.500. The van der Waals surface area contributed by atoms with Crippen molar-refractivity contribution in [1.29, 1.82) is 0 Å². The van der Waals surface area contributed by atoms with Crippen LogP contribution in [0.3, 0.4) is 0 Å². The van der Waals surface area contributed by atoms with Crippen LogP contribution < -0.4 is 5.32 Å². The number of rotatable bonds is 9. The first-order valence-electron chi connectivity index (χ1n) is 8.32. The molecule has 0 saturated heterocycles. The number of halogens is 2. The highest BCUT2D eigenvalue weighted by molar-refractivity contribution is 5.94. The van der Waals surface area contributed by atoms with E-state index < -0.39 is 23.5 Å². The van der Waals surface area contributed by atoms with Crippen LogP contribution in [-0.4, -0.2) is 49.4 Å². The molecule has 0 aliphatic rings. The van der Waals surface area contributed by atoms with Crippen LogP contribution in [-0.2, 0) is 14.3 Å². The second-order valence-electron chi connectivity index (χ2n) is 6.19. The van der Waals surface area contributed by atoms with E-state index in [1.165, 1.54) is 12.0 Å². The molecule has 0 heterocycles. The minimum Gasteiger partial charge on any atom is -0.469 e. The summed E-state index contributed by atoms with van der Waals surface area (Å²) in [6.45, 7) is 4.58. The first kappa shape index (κ1) is 21.5. The van der Waals surface area contributed by atoms with Crippen LogP contribution in [0, 0.1) is 17.6 Å². The Labute approximate surface area is 151 Å². The standard InChI is InChI=1S/C18H24F2N2O4/c1-12(2)11-22(9-7-17(24)26-3)16(23)6-8-21-18(25)14-5-4-13(19)10-15(14)20/h4-5,10,12H,6-9,11H2,1-3H3,(H,21,25). The number of hydrogen-bond acceptors (Lipinski definition) is 4. The van der Waals surface area contributed by atoms with Crippen molar-refractivity contribution in [2.75, 3.05) is 26.7 Å². The van der Waals surface area contributed by atoms with Crippen LogP contribution >= 0.6 is 0 Å². The summed E-state index contributed by atoms with van der Waals surface area (Å²) in [7, 11) is 1.28. The number of nitrogens with one attached hydrogen (secondary N) is 1. The van der Waals surface area contributed by atoms with E-state index in [1.807, 2.05) is 13.8 Å². The van der Waals surface area contributed by atoms with Gasteiger partial charge in [0.25, 0.3) is 5.91 Å². The molecule has 0 unspecified atom stereocenters. The summed E-state index contributed by atoms with van der Waals surface area (Å²) in [4.78, 5) is 37.0. The summed E-state index contributed by atoms with van der Waals surface area (Å²) in [5.74, 6) is -2.90. The Morgan fingerprint density at radius 1 is 1.19 bits per heavy atom. The Morgan fingerprint density at radius 2 is 1.88 bits per heavy atom. The van der Waals surface area contributed by atoms with Gasteiger partial charge in [-0.2, -0.15) is 0 Å². The van der Waals surface area contributed by atoms with Gasteiger partial charge in [-0.15, -0.1) is 0 Å². The van der Waals surface area contributed by atoms with Crippen molar-refractivity contribution in [3.8, 4) is 0 Å². The highest BCUT2D eigenvalue weighted by Gasteiger charge is 2.17. The Hall–Kier alpha value is -2.51. The summed E-state index contributed by atoms with van der Waals surface area (Å²) >= 11 is 0. The van der Waals surface area contributed by atoms with E-state index in [0.717, 1.165) is 12.1 Å². The van der Waals surface area contributed by atoms with E-state index in [1.54, 1.807) is 0 Å². The molecule has 1 N–H and O–H groups in total. The number of ether oxygens (including phenoxy) is 1. The average Bonchev–Trinajstić information content (AvgIpc) is 2.57. The molecule has 8 heteroatoms. The minimum absolute atomic E-state index is 0.00129. The van der Waals surface area contributed by atoms with Crippen LogP contribution in [0.25, 0.3) is 0 Å². The fourth-order valence-corrected chi connectivity index (χ4v) is 2.30. The SMILES string of the molecule is COC(=O)CCN(CC(C)C)C(=O)CCNC(=O)c1ccc(F)cc1F. The highest BCUT2D eigenvalue weighted by Crippen LogP contribution is 2.09. The Morgan fingerprint density at radius 3 is 2.46 bits per heavy atom. The lowest BCUT2D eigenvalue weighted by molar-refractivity contribution is -0.141. The van der Waals surface area contributed by atoms with Crippen LogP contribution in [0.4, 0.5) is 8.78 Å². The maximum atomic E-state index is 13.5. The third-order valence-electron chi connectivity index (χ3n) is 3.55. The summed E-state index contributed by atoms with van der Waals surface area (Å²) in [6, 6.07) is 2.65. The highest BCUT2D eigenvalue weighted by atomic mass is 19.1. The third-order valence-corrected chi connectivity index (χ3v) is 3.55. The Balaban J connectivity index is 2.55. The van der Waals surface area contributed by atoms with Gasteiger partial charge in [-0.25, -0.2) is 8.78 Å². The van der Waals surface area contributed by atoms with Crippen molar-refractivity contribution in [3.05, 3.63) is 35.4 Å².